The fourth-order valence-corrected chi connectivity index (χ4v) is 4.67. The molecule has 0 unspecified atom stereocenters. The van der Waals surface area contributed by atoms with Gasteiger partial charge >= 0.3 is 6.03 Å². The number of carbonyl (C=O) groups excluding carboxylic acids is 2. The molecule has 1 heterocycles. The molecule has 4 aromatic rings. The molecule has 1 saturated carbocycles. The minimum atomic E-state index is -0.306. The van der Waals surface area contributed by atoms with Crippen LogP contribution in [0.2, 0.25) is 0 Å². The van der Waals surface area contributed by atoms with Gasteiger partial charge in [0.05, 0.1) is 11.4 Å². The van der Waals surface area contributed by atoms with E-state index < -0.39 is 0 Å². The molecule has 0 radical (unpaired) electrons. The number of phenolic OH excluding ortho intramolecular Hbond substituents is 1. The smallest absolute Gasteiger partial charge is 0.342 e. The highest BCUT2D eigenvalue weighted by Gasteiger charge is 2.27. The second-order valence-electron chi connectivity index (χ2n) is 9.88. The maximum atomic E-state index is 13.2. The topological polar surface area (TPSA) is 96.2 Å². The Morgan fingerprint density at radius 2 is 1.79 bits per heavy atom. The Morgan fingerprint density at radius 1 is 1.00 bits per heavy atom. The summed E-state index contributed by atoms with van der Waals surface area (Å²) in [6, 6.07) is 21.9. The van der Waals surface area contributed by atoms with Gasteiger partial charge in [-0.3, -0.25) is 4.79 Å². The molecule has 194 valence electrons. The van der Waals surface area contributed by atoms with Crippen molar-refractivity contribution < 1.29 is 14.7 Å². The van der Waals surface area contributed by atoms with Crippen LogP contribution in [0.4, 0.5) is 10.5 Å². The molecule has 0 spiro atoms. The van der Waals surface area contributed by atoms with E-state index in [9.17, 15) is 14.7 Å². The van der Waals surface area contributed by atoms with Crippen molar-refractivity contribution in [3.05, 3.63) is 101 Å². The number of amides is 2. The first-order valence-corrected chi connectivity index (χ1v) is 13.1. The molecule has 3 aromatic carbocycles. The van der Waals surface area contributed by atoms with Crippen LogP contribution in [-0.4, -0.2) is 26.8 Å². The van der Waals surface area contributed by atoms with E-state index in [0.717, 1.165) is 48.1 Å². The number of rotatable bonds is 7. The van der Waals surface area contributed by atoms with Crippen LogP contribution >= 0.6 is 0 Å². The van der Waals surface area contributed by atoms with Crippen LogP contribution in [0.3, 0.4) is 0 Å². The van der Waals surface area contributed by atoms with Gasteiger partial charge in [0.1, 0.15) is 5.75 Å². The molecule has 2 amide bonds. The fraction of sp³-hybridized carbons (Fsp3) is 0.258. The minimum absolute atomic E-state index is 0.0280. The van der Waals surface area contributed by atoms with Gasteiger partial charge in [-0.15, -0.1) is 0 Å². The molecule has 0 aliphatic heterocycles. The second kappa shape index (κ2) is 10.9. The number of nitrogens with zero attached hydrogens (tertiary/aromatic N) is 2. The van der Waals surface area contributed by atoms with Gasteiger partial charge in [-0.05, 0) is 73.7 Å². The van der Waals surface area contributed by atoms with Gasteiger partial charge in [0.25, 0.3) is 5.91 Å². The first-order chi connectivity index (χ1) is 18.4. The summed E-state index contributed by atoms with van der Waals surface area (Å²) in [6.45, 7) is 4.48. The van der Waals surface area contributed by atoms with Crippen molar-refractivity contribution in [2.45, 2.75) is 52.0 Å². The number of carbonyl (C=O) groups is 2. The molecule has 7 nitrogen and oxygen atoms in total. The number of aromatic hydroxyl groups is 1. The molecule has 38 heavy (non-hydrogen) atoms. The number of anilines is 1. The van der Waals surface area contributed by atoms with E-state index in [4.69, 9.17) is 0 Å². The molecule has 0 bridgehead atoms. The first kappa shape index (κ1) is 25.3. The zero-order valence-electron chi connectivity index (χ0n) is 21.7. The van der Waals surface area contributed by atoms with E-state index in [1.807, 2.05) is 49.4 Å². The van der Waals surface area contributed by atoms with E-state index in [-0.39, 0.29) is 23.6 Å². The summed E-state index contributed by atoms with van der Waals surface area (Å²) >= 11 is 0. The molecule has 1 aromatic heterocycles. The van der Waals surface area contributed by atoms with E-state index >= 15 is 0 Å². The van der Waals surface area contributed by atoms with Crippen LogP contribution in [0.25, 0.3) is 11.3 Å². The highest BCUT2D eigenvalue weighted by molar-refractivity contribution is 6.04. The number of hydrogen-bond acceptors (Lipinski definition) is 4. The van der Waals surface area contributed by atoms with Crippen molar-refractivity contribution in [1.82, 2.24) is 15.1 Å². The third kappa shape index (κ3) is 5.47. The number of nitrogens with one attached hydrogen (secondary N) is 2. The number of hydrogen-bond donors (Lipinski definition) is 3. The molecule has 0 saturated heterocycles. The van der Waals surface area contributed by atoms with E-state index in [2.05, 4.69) is 22.7 Å². The Hall–Kier alpha value is -4.39. The average molecular weight is 509 g/mol. The fourth-order valence-electron chi connectivity index (χ4n) is 4.67. The van der Waals surface area contributed by atoms with Gasteiger partial charge < -0.3 is 15.7 Å². The summed E-state index contributed by atoms with van der Waals surface area (Å²) in [5.41, 5.74) is 6.17. The summed E-state index contributed by atoms with van der Waals surface area (Å²) in [4.78, 5) is 26.0. The van der Waals surface area contributed by atoms with Crippen molar-refractivity contribution in [3.63, 3.8) is 0 Å². The van der Waals surface area contributed by atoms with Crippen molar-refractivity contribution in [1.29, 1.82) is 0 Å². The highest BCUT2D eigenvalue weighted by atomic mass is 16.3. The van der Waals surface area contributed by atoms with E-state index in [1.165, 1.54) is 10.7 Å². The monoisotopic (exact) mass is 508 g/mol. The molecule has 0 atom stereocenters. The van der Waals surface area contributed by atoms with Crippen LogP contribution in [0.5, 0.6) is 5.75 Å². The summed E-state index contributed by atoms with van der Waals surface area (Å²) in [6.07, 6.45) is 4.01. The average Bonchev–Trinajstić information content (AvgIpc) is 3.32. The molecule has 1 fully saturated rings. The quantitative estimate of drug-likeness (QED) is 0.252. The van der Waals surface area contributed by atoms with Crippen LogP contribution in [0.15, 0.2) is 72.8 Å². The van der Waals surface area contributed by atoms with Gasteiger partial charge in [0, 0.05) is 29.3 Å². The van der Waals surface area contributed by atoms with Crippen LogP contribution in [0, 0.1) is 6.92 Å². The van der Waals surface area contributed by atoms with Gasteiger partial charge in [-0.2, -0.15) is 9.78 Å². The zero-order chi connectivity index (χ0) is 26.6. The molecule has 1 aliphatic rings. The molecular weight excluding hydrogens is 476 g/mol. The Kier molecular flexibility index (Phi) is 7.26. The van der Waals surface area contributed by atoms with Gasteiger partial charge in [-0.25, -0.2) is 4.79 Å². The van der Waals surface area contributed by atoms with Crippen LogP contribution in [0.1, 0.15) is 64.8 Å². The van der Waals surface area contributed by atoms with Gasteiger partial charge in [-0.1, -0.05) is 55.3 Å². The van der Waals surface area contributed by atoms with E-state index in [1.54, 1.807) is 24.3 Å². The largest absolute Gasteiger partial charge is 0.507 e. The van der Waals surface area contributed by atoms with Crippen molar-refractivity contribution in [2.75, 3.05) is 5.32 Å². The van der Waals surface area contributed by atoms with Crippen LogP contribution in [-0.2, 0) is 13.0 Å². The lowest BCUT2D eigenvalue weighted by Crippen LogP contribution is -2.31. The minimum Gasteiger partial charge on any atom is -0.507 e. The summed E-state index contributed by atoms with van der Waals surface area (Å²) in [7, 11) is 0. The second-order valence-corrected chi connectivity index (χ2v) is 9.88. The van der Waals surface area contributed by atoms with Crippen molar-refractivity contribution in [3.8, 4) is 17.0 Å². The summed E-state index contributed by atoms with van der Waals surface area (Å²) in [5.74, 6) is 0.0397. The Balaban J connectivity index is 1.38. The summed E-state index contributed by atoms with van der Waals surface area (Å²) in [5, 5.41) is 21.1. The normalized spacial score (nSPS) is 13.1. The molecule has 3 N–H and O–H groups in total. The lowest BCUT2D eigenvalue weighted by molar-refractivity contribution is 0.102. The number of aryl methyl sites for hydroxylation is 2. The number of benzene rings is 3. The van der Waals surface area contributed by atoms with E-state index in [0.29, 0.717) is 29.1 Å². The van der Waals surface area contributed by atoms with Gasteiger partial charge in [0.2, 0.25) is 0 Å². The molecular formula is C31H32N4O3. The van der Waals surface area contributed by atoms with Gasteiger partial charge in [0.15, 0.2) is 0 Å². The maximum Gasteiger partial charge on any atom is 0.342 e. The maximum absolute atomic E-state index is 13.2. The molecule has 5 rings (SSSR count). The Bertz CT molecular complexity index is 1470. The summed E-state index contributed by atoms with van der Waals surface area (Å²) < 4.78 is 1.43. The lowest BCUT2D eigenvalue weighted by atomic mass is 9.82. The SMILES string of the molecule is CCc1ccc(C(=O)Nc2ccc(O)c(-c3cc(C4CCC4)n(C(=O)NCc4cccc(C)c4)n3)c2)cc1. The van der Waals surface area contributed by atoms with Crippen molar-refractivity contribution in [2.24, 2.45) is 0 Å². The first-order valence-electron chi connectivity index (χ1n) is 13.1. The van der Waals surface area contributed by atoms with Crippen LogP contribution < -0.4 is 10.6 Å². The predicted octanol–water partition coefficient (Wildman–Crippen LogP) is 6.40. The molecule has 1 aliphatic carbocycles. The van der Waals surface area contributed by atoms with Crippen molar-refractivity contribution >= 4 is 17.6 Å². The standard InChI is InChI=1S/C31H32N4O3/c1-3-21-10-12-24(13-11-21)30(37)33-25-14-15-29(36)26(17-25)27-18-28(23-8-5-9-23)35(34-27)31(38)32-19-22-7-4-6-20(2)16-22/h4,6-7,10-18,23,36H,3,5,8-9,19H2,1-2H3,(H,32,38)(H,33,37). The number of phenols is 1. The molecule has 7 heteroatoms. The Morgan fingerprint density at radius 3 is 2.47 bits per heavy atom. The lowest BCUT2D eigenvalue weighted by Gasteiger charge is -2.25. The Labute approximate surface area is 222 Å². The third-order valence-electron chi connectivity index (χ3n) is 7.13. The highest BCUT2D eigenvalue weighted by Crippen LogP contribution is 2.39. The predicted molar refractivity (Wildman–Crippen MR) is 149 cm³/mol. The number of aromatic nitrogens is 2. The zero-order valence-corrected chi connectivity index (χ0v) is 21.7. The third-order valence-corrected chi connectivity index (χ3v) is 7.13.